The van der Waals surface area contributed by atoms with Crippen LogP contribution in [0.3, 0.4) is 0 Å². The van der Waals surface area contributed by atoms with Crippen molar-refractivity contribution in [3.8, 4) is 0 Å². The largest absolute Gasteiger partial charge is 0.262 e. The molecule has 2 aromatic rings. The first-order valence-electron chi connectivity index (χ1n) is 6.24. The molecule has 0 atom stereocenters. The second kappa shape index (κ2) is 6.64. The predicted molar refractivity (Wildman–Crippen MR) is 82.0 cm³/mol. The maximum Gasteiger partial charge on any atom is 0.242 e. The van der Waals surface area contributed by atoms with Crippen LogP contribution >= 0.6 is 15.9 Å². The maximum atomic E-state index is 13.0. The van der Waals surface area contributed by atoms with Crippen LogP contribution in [-0.4, -0.2) is 19.9 Å². The predicted octanol–water partition coefficient (Wildman–Crippen LogP) is 2.81. The summed E-state index contributed by atoms with van der Waals surface area (Å²) < 4.78 is 40.3. The second-order valence-electron chi connectivity index (χ2n) is 4.56. The van der Waals surface area contributed by atoms with Crippen molar-refractivity contribution >= 4 is 26.0 Å². The van der Waals surface area contributed by atoms with Gasteiger partial charge in [-0.05, 0) is 58.6 Å². The van der Waals surface area contributed by atoms with Gasteiger partial charge in [-0.3, -0.25) is 4.98 Å². The van der Waals surface area contributed by atoms with Gasteiger partial charge in [-0.2, -0.15) is 0 Å². The first-order valence-corrected chi connectivity index (χ1v) is 8.51. The van der Waals surface area contributed by atoms with Gasteiger partial charge in [-0.15, -0.1) is 0 Å². The number of nitrogens with one attached hydrogen (secondary N) is 1. The smallest absolute Gasteiger partial charge is 0.242 e. The van der Waals surface area contributed by atoms with E-state index >= 15 is 0 Å². The molecule has 0 saturated carbocycles. The molecule has 0 amide bonds. The number of pyridine rings is 1. The minimum atomic E-state index is -3.59. The average molecular weight is 373 g/mol. The molecule has 21 heavy (non-hydrogen) atoms. The van der Waals surface area contributed by atoms with Crippen molar-refractivity contribution in [2.75, 3.05) is 6.54 Å². The van der Waals surface area contributed by atoms with Gasteiger partial charge < -0.3 is 0 Å². The number of sulfonamides is 1. The van der Waals surface area contributed by atoms with E-state index in [1.807, 2.05) is 0 Å². The fourth-order valence-electron chi connectivity index (χ4n) is 1.88. The lowest BCUT2D eigenvalue weighted by Gasteiger charge is -2.08. The van der Waals surface area contributed by atoms with E-state index in [4.69, 9.17) is 0 Å². The van der Waals surface area contributed by atoms with Gasteiger partial charge in [0.25, 0.3) is 0 Å². The van der Waals surface area contributed by atoms with Crippen molar-refractivity contribution in [1.82, 2.24) is 9.71 Å². The maximum absolute atomic E-state index is 13.0. The first kappa shape index (κ1) is 16.1. The molecule has 4 nitrogen and oxygen atoms in total. The van der Waals surface area contributed by atoms with Crippen molar-refractivity contribution in [1.29, 1.82) is 0 Å². The van der Waals surface area contributed by atoms with Crippen LogP contribution in [0.4, 0.5) is 4.39 Å². The summed E-state index contributed by atoms with van der Waals surface area (Å²) >= 11 is 3.19. The molecule has 0 aliphatic rings. The van der Waals surface area contributed by atoms with Crippen LogP contribution in [0, 0.1) is 12.7 Å². The molecule has 0 aliphatic heterocycles. The van der Waals surface area contributed by atoms with E-state index in [1.165, 1.54) is 30.6 Å². The van der Waals surface area contributed by atoms with Gasteiger partial charge in [-0.1, -0.05) is 6.07 Å². The van der Waals surface area contributed by atoms with Crippen molar-refractivity contribution < 1.29 is 12.8 Å². The van der Waals surface area contributed by atoms with E-state index in [0.29, 0.717) is 10.9 Å². The van der Waals surface area contributed by atoms with Crippen LogP contribution in [0.15, 0.2) is 46.0 Å². The fraction of sp³-hybridized carbons (Fsp3) is 0.214. The molecule has 0 radical (unpaired) electrons. The lowest BCUT2D eigenvalue weighted by atomic mass is 10.1. The van der Waals surface area contributed by atoms with Gasteiger partial charge in [-0.25, -0.2) is 17.5 Å². The molecule has 1 aromatic carbocycles. The Bertz CT molecular complexity index is 750. The monoisotopic (exact) mass is 372 g/mol. The Kier molecular flexibility index (Phi) is 5.08. The zero-order chi connectivity index (χ0) is 15.5. The van der Waals surface area contributed by atoms with Gasteiger partial charge >= 0.3 is 0 Å². The van der Waals surface area contributed by atoms with Crippen LogP contribution in [0.5, 0.6) is 0 Å². The molecule has 7 heteroatoms. The molecular weight excluding hydrogens is 359 g/mol. The molecule has 0 fully saturated rings. The lowest BCUT2D eigenvalue weighted by molar-refractivity contribution is 0.581. The van der Waals surface area contributed by atoms with E-state index in [1.54, 1.807) is 13.0 Å². The topological polar surface area (TPSA) is 59.1 Å². The highest BCUT2D eigenvalue weighted by Crippen LogP contribution is 2.14. The van der Waals surface area contributed by atoms with Crippen LogP contribution < -0.4 is 4.72 Å². The molecule has 1 aromatic heterocycles. The molecule has 112 valence electrons. The van der Waals surface area contributed by atoms with Crippen LogP contribution in [0.25, 0.3) is 0 Å². The number of benzene rings is 1. The molecule has 0 unspecified atom stereocenters. The summed E-state index contributed by atoms with van der Waals surface area (Å²) in [6, 6.07) is 5.95. The summed E-state index contributed by atoms with van der Waals surface area (Å²) in [6.45, 7) is 2.03. The standard InChI is InChI=1S/C14H14BrFN2O2S/c1-10-6-13(16)3-2-11(10)4-5-18-21(19,20)14-7-12(15)8-17-9-14/h2-3,6-9,18H,4-5H2,1H3. The Morgan fingerprint density at radius 1 is 1.29 bits per heavy atom. The van der Waals surface area contributed by atoms with Crippen LogP contribution in [0.1, 0.15) is 11.1 Å². The lowest BCUT2D eigenvalue weighted by Crippen LogP contribution is -2.26. The Morgan fingerprint density at radius 2 is 2.05 bits per heavy atom. The Hall–Kier alpha value is -1.31. The van der Waals surface area contributed by atoms with E-state index in [2.05, 4.69) is 25.6 Å². The number of hydrogen-bond acceptors (Lipinski definition) is 3. The molecule has 0 bridgehead atoms. The van der Waals surface area contributed by atoms with Crippen molar-refractivity contribution in [3.05, 3.63) is 58.1 Å². The average Bonchev–Trinajstić information content (AvgIpc) is 2.41. The molecular formula is C14H14BrFN2O2S. The highest BCUT2D eigenvalue weighted by Gasteiger charge is 2.14. The summed E-state index contributed by atoms with van der Waals surface area (Å²) in [5, 5.41) is 0. The van der Waals surface area contributed by atoms with Gasteiger partial charge in [0, 0.05) is 23.4 Å². The number of hydrogen-bond donors (Lipinski definition) is 1. The Labute approximate surface area is 131 Å². The SMILES string of the molecule is Cc1cc(F)ccc1CCNS(=O)(=O)c1cncc(Br)c1. The summed E-state index contributed by atoms with van der Waals surface area (Å²) in [7, 11) is -3.59. The fourth-order valence-corrected chi connectivity index (χ4v) is 3.42. The van der Waals surface area contributed by atoms with Crippen molar-refractivity contribution in [2.45, 2.75) is 18.2 Å². The zero-order valence-corrected chi connectivity index (χ0v) is 13.7. The van der Waals surface area contributed by atoms with Crippen LogP contribution in [0.2, 0.25) is 0 Å². The number of nitrogens with zero attached hydrogens (tertiary/aromatic N) is 1. The minimum Gasteiger partial charge on any atom is -0.262 e. The van der Waals surface area contributed by atoms with Crippen molar-refractivity contribution in [2.24, 2.45) is 0 Å². The highest BCUT2D eigenvalue weighted by atomic mass is 79.9. The molecule has 2 rings (SSSR count). The van der Waals surface area contributed by atoms with E-state index in [9.17, 15) is 12.8 Å². The molecule has 0 spiro atoms. The Balaban J connectivity index is 2.02. The third-order valence-electron chi connectivity index (χ3n) is 2.98. The number of aryl methyl sites for hydroxylation is 1. The van der Waals surface area contributed by atoms with E-state index in [0.717, 1.165) is 11.1 Å². The normalized spacial score (nSPS) is 11.6. The van der Waals surface area contributed by atoms with Gasteiger partial charge in [0.05, 0.1) is 0 Å². The first-order chi connectivity index (χ1) is 9.88. The minimum absolute atomic E-state index is 0.104. The summed E-state index contributed by atoms with van der Waals surface area (Å²) in [4.78, 5) is 3.94. The summed E-state index contributed by atoms with van der Waals surface area (Å²) in [5.74, 6) is -0.294. The third-order valence-corrected chi connectivity index (χ3v) is 4.84. The van der Waals surface area contributed by atoms with E-state index in [-0.39, 0.29) is 17.3 Å². The molecule has 0 saturated heterocycles. The van der Waals surface area contributed by atoms with Gasteiger partial charge in [0.2, 0.25) is 10.0 Å². The van der Waals surface area contributed by atoms with E-state index < -0.39 is 10.0 Å². The zero-order valence-electron chi connectivity index (χ0n) is 11.3. The van der Waals surface area contributed by atoms with Crippen LogP contribution in [-0.2, 0) is 16.4 Å². The molecule has 0 aliphatic carbocycles. The molecule has 1 heterocycles. The number of halogens is 2. The highest BCUT2D eigenvalue weighted by molar-refractivity contribution is 9.10. The van der Waals surface area contributed by atoms with Gasteiger partial charge in [0.1, 0.15) is 10.7 Å². The van der Waals surface area contributed by atoms with Gasteiger partial charge in [0.15, 0.2) is 0 Å². The quantitative estimate of drug-likeness (QED) is 0.877. The number of aromatic nitrogens is 1. The van der Waals surface area contributed by atoms with Crippen molar-refractivity contribution in [3.63, 3.8) is 0 Å². The second-order valence-corrected chi connectivity index (χ2v) is 7.24. The molecule has 1 N–H and O–H groups in total. The number of rotatable bonds is 5. The Morgan fingerprint density at radius 3 is 2.71 bits per heavy atom. The third kappa shape index (κ3) is 4.33. The summed E-state index contributed by atoms with van der Waals surface area (Å²) in [6.07, 6.45) is 3.30. The summed E-state index contributed by atoms with van der Waals surface area (Å²) in [5.41, 5.74) is 1.71.